The first-order chi connectivity index (χ1) is 12.2. The van der Waals surface area contributed by atoms with Crippen LogP contribution in [0.5, 0.6) is 5.75 Å². The number of benzene rings is 2. The van der Waals surface area contributed by atoms with E-state index in [0.29, 0.717) is 6.73 Å². The van der Waals surface area contributed by atoms with Crippen LogP contribution in [0.25, 0.3) is 11.1 Å². The predicted octanol–water partition coefficient (Wildman–Crippen LogP) is 4.82. The maximum absolute atomic E-state index is 13.0. The summed E-state index contributed by atoms with van der Waals surface area (Å²) in [7, 11) is 0. The van der Waals surface area contributed by atoms with Crippen LogP contribution < -0.4 is 15.4 Å². The molecule has 4 rings (SSSR count). The van der Waals surface area contributed by atoms with Crippen LogP contribution in [-0.2, 0) is 0 Å². The molecule has 1 unspecified atom stereocenters. The van der Waals surface area contributed by atoms with Crippen molar-refractivity contribution in [3.8, 4) is 16.9 Å². The fourth-order valence-electron chi connectivity index (χ4n) is 2.87. The predicted molar refractivity (Wildman–Crippen MR) is 97.2 cm³/mol. The molecule has 25 heavy (non-hydrogen) atoms. The van der Waals surface area contributed by atoms with E-state index in [2.05, 4.69) is 15.6 Å². The summed E-state index contributed by atoms with van der Waals surface area (Å²) in [5, 5.41) is 6.49. The zero-order valence-electron chi connectivity index (χ0n) is 13.8. The minimum absolute atomic E-state index is 0.0402. The Kier molecular flexibility index (Phi) is 3.98. The van der Waals surface area contributed by atoms with E-state index in [1.807, 2.05) is 43.5 Å². The lowest BCUT2D eigenvalue weighted by Crippen LogP contribution is -2.07. The van der Waals surface area contributed by atoms with Crippen molar-refractivity contribution < 1.29 is 9.13 Å². The number of anilines is 2. The highest BCUT2D eigenvalue weighted by atomic mass is 19.1. The van der Waals surface area contributed by atoms with Crippen LogP contribution >= 0.6 is 0 Å². The van der Waals surface area contributed by atoms with Crippen LogP contribution in [0.2, 0.25) is 0 Å². The molecule has 0 bridgehead atoms. The van der Waals surface area contributed by atoms with E-state index < -0.39 is 0 Å². The van der Waals surface area contributed by atoms with E-state index in [9.17, 15) is 4.39 Å². The van der Waals surface area contributed by atoms with Crippen molar-refractivity contribution in [2.75, 3.05) is 17.4 Å². The molecule has 0 spiro atoms. The monoisotopic (exact) mass is 335 g/mol. The Labute approximate surface area is 145 Å². The quantitative estimate of drug-likeness (QED) is 0.717. The third-order valence-electron chi connectivity index (χ3n) is 4.30. The number of hydrogen-bond acceptors (Lipinski definition) is 4. The molecule has 2 aromatic carbocycles. The lowest BCUT2D eigenvalue weighted by Gasteiger charge is -2.15. The topological polar surface area (TPSA) is 46.2 Å². The molecule has 1 aliphatic rings. The highest BCUT2D eigenvalue weighted by molar-refractivity contribution is 5.72. The van der Waals surface area contributed by atoms with Crippen molar-refractivity contribution in [1.29, 1.82) is 0 Å². The molecule has 0 saturated carbocycles. The van der Waals surface area contributed by atoms with Crippen LogP contribution in [0, 0.1) is 5.82 Å². The van der Waals surface area contributed by atoms with Gasteiger partial charge in [0, 0.05) is 17.8 Å². The van der Waals surface area contributed by atoms with Crippen molar-refractivity contribution in [3.63, 3.8) is 0 Å². The normalized spacial score (nSPS) is 13.5. The van der Waals surface area contributed by atoms with Crippen molar-refractivity contribution >= 4 is 11.5 Å². The van der Waals surface area contributed by atoms with Crippen LogP contribution in [0.15, 0.2) is 60.8 Å². The Morgan fingerprint density at radius 2 is 1.88 bits per heavy atom. The van der Waals surface area contributed by atoms with Gasteiger partial charge in [-0.3, -0.25) is 0 Å². The molecule has 1 aliphatic heterocycles. The molecule has 4 nitrogen and oxygen atoms in total. The van der Waals surface area contributed by atoms with E-state index >= 15 is 0 Å². The molecule has 0 fully saturated rings. The summed E-state index contributed by atoms with van der Waals surface area (Å²) < 4.78 is 18.5. The fraction of sp³-hybridized carbons (Fsp3) is 0.150. The number of hydrogen-bond donors (Lipinski definition) is 2. The number of aromatic nitrogens is 1. The maximum Gasteiger partial charge on any atom is 0.159 e. The molecule has 3 aromatic rings. The van der Waals surface area contributed by atoms with Crippen LogP contribution in [0.4, 0.5) is 15.9 Å². The summed E-state index contributed by atoms with van der Waals surface area (Å²) in [5.41, 5.74) is 4.12. The van der Waals surface area contributed by atoms with Crippen LogP contribution in [0.1, 0.15) is 18.5 Å². The van der Waals surface area contributed by atoms with Crippen molar-refractivity contribution in [2.45, 2.75) is 13.0 Å². The van der Waals surface area contributed by atoms with Crippen molar-refractivity contribution in [1.82, 2.24) is 4.98 Å². The standard InChI is InChI=1S/C20H18FN3O/c1-13(14-2-6-17(21)7-3-14)24-20-9-5-16(11-22-20)15-4-8-18-19(10-15)25-12-23-18/h2-11,13,23H,12H2,1H3,(H,22,24). The summed E-state index contributed by atoms with van der Waals surface area (Å²) in [6, 6.07) is 16.6. The highest BCUT2D eigenvalue weighted by Crippen LogP contribution is 2.33. The van der Waals surface area contributed by atoms with Gasteiger partial charge in [0.1, 0.15) is 17.4 Å². The fourth-order valence-corrected chi connectivity index (χ4v) is 2.87. The van der Waals surface area contributed by atoms with Crippen molar-refractivity contribution in [3.05, 3.63) is 72.2 Å². The van der Waals surface area contributed by atoms with Gasteiger partial charge in [0.25, 0.3) is 0 Å². The number of nitrogens with one attached hydrogen (secondary N) is 2. The van der Waals surface area contributed by atoms with Gasteiger partial charge >= 0.3 is 0 Å². The van der Waals surface area contributed by atoms with Gasteiger partial charge in [-0.05, 0) is 54.4 Å². The second kappa shape index (κ2) is 6.43. The molecule has 2 heterocycles. The lowest BCUT2D eigenvalue weighted by atomic mass is 10.1. The van der Waals surface area contributed by atoms with E-state index in [4.69, 9.17) is 4.74 Å². The van der Waals surface area contributed by atoms with Gasteiger partial charge < -0.3 is 15.4 Å². The average Bonchev–Trinajstić information content (AvgIpc) is 3.10. The van der Waals surface area contributed by atoms with Gasteiger partial charge in [-0.1, -0.05) is 18.2 Å². The summed E-state index contributed by atoms with van der Waals surface area (Å²) >= 11 is 0. The van der Waals surface area contributed by atoms with Crippen molar-refractivity contribution in [2.24, 2.45) is 0 Å². The molecule has 126 valence electrons. The Bertz CT molecular complexity index is 878. The van der Waals surface area contributed by atoms with Gasteiger partial charge in [0.15, 0.2) is 6.73 Å². The summed E-state index contributed by atoms with van der Waals surface area (Å²) in [6.07, 6.45) is 1.84. The van der Waals surface area contributed by atoms with Crippen LogP contribution in [-0.4, -0.2) is 11.7 Å². The number of fused-ring (bicyclic) bond motifs is 1. The smallest absolute Gasteiger partial charge is 0.159 e. The zero-order valence-corrected chi connectivity index (χ0v) is 13.8. The summed E-state index contributed by atoms with van der Waals surface area (Å²) in [6.45, 7) is 2.54. The average molecular weight is 335 g/mol. The highest BCUT2D eigenvalue weighted by Gasteiger charge is 2.12. The maximum atomic E-state index is 13.0. The molecular weight excluding hydrogens is 317 g/mol. The van der Waals surface area contributed by atoms with Gasteiger partial charge in [0.2, 0.25) is 0 Å². The van der Waals surface area contributed by atoms with Gasteiger partial charge in [-0.2, -0.15) is 0 Å². The van der Waals surface area contributed by atoms with Crippen LogP contribution in [0.3, 0.4) is 0 Å². The first-order valence-electron chi connectivity index (χ1n) is 8.18. The number of ether oxygens (including phenoxy) is 1. The third kappa shape index (κ3) is 3.26. The third-order valence-corrected chi connectivity index (χ3v) is 4.30. The number of nitrogens with zero attached hydrogens (tertiary/aromatic N) is 1. The second-order valence-corrected chi connectivity index (χ2v) is 6.03. The molecule has 5 heteroatoms. The van der Waals surface area contributed by atoms with E-state index in [1.165, 1.54) is 12.1 Å². The van der Waals surface area contributed by atoms with Gasteiger partial charge in [-0.25, -0.2) is 9.37 Å². The Morgan fingerprint density at radius 1 is 1.08 bits per heavy atom. The number of pyridine rings is 1. The number of rotatable bonds is 4. The molecule has 0 amide bonds. The van der Waals surface area contributed by atoms with E-state index in [1.54, 1.807) is 12.1 Å². The minimum Gasteiger partial charge on any atom is -0.471 e. The molecule has 0 radical (unpaired) electrons. The SMILES string of the molecule is CC(Nc1ccc(-c2ccc3c(c2)OCN3)cn1)c1ccc(F)cc1. The first kappa shape index (κ1) is 15.4. The lowest BCUT2D eigenvalue weighted by molar-refractivity contribution is 0.372. The minimum atomic E-state index is -0.230. The van der Waals surface area contributed by atoms with E-state index in [-0.39, 0.29) is 11.9 Å². The largest absolute Gasteiger partial charge is 0.471 e. The van der Waals surface area contributed by atoms with Gasteiger partial charge in [0.05, 0.1) is 5.69 Å². The zero-order chi connectivity index (χ0) is 17.2. The van der Waals surface area contributed by atoms with E-state index in [0.717, 1.165) is 33.9 Å². The summed E-state index contributed by atoms with van der Waals surface area (Å²) in [5.74, 6) is 1.41. The summed E-state index contributed by atoms with van der Waals surface area (Å²) in [4.78, 5) is 4.49. The molecule has 1 aromatic heterocycles. The Balaban J connectivity index is 1.49. The Hall–Kier alpha value is -3.08. The number of halogens is 1. The van der Waals surface area contributed by atoms with Gasteiger partial charge in [-0.15, -0.1) is 0 Å². The first-order valence-corrected chi connectivity index (χ1v) is 8.18. The molecule has 0 saturated heterocycles. The molecular formula is C20H18FN3O. The second-order valence-electron chi connectivity index (χ2n) is 6.03. The molecule has 0 aliphatic carbocycles. The molecule has 1 atom stereocenters. The molecule has 2 N–H and O–H groups in total. The Morgan fingerprint density at radius 3 is 2.64 bits per heavy atom.